The number of carbonyl (C=O) groups is 1. The number of ether oxygens (including phenoxy) is 1. The number of rotatable bonds is 6. The van der Waals surface area contributed by atoms with E-state index in [0.717, 1.165) is 12.8 Å². The second-order valence-corrected chi connectivity index (χ2v) is 4.38. The molecular weight excluding hydrogens is 196 g/mol. The van der Waals surface area contributed by atoms with Crippen LogP contribution in [0.25, 0.3) is 0 Å². The first kappa shape index (κ1) is 12.4. The Bertz CT molecular complexity index is 227. The van der Waals surface area contributed by atoms with Crippen LogP contribution < -0.4 is 11.1 Å². The highest BCUT2D eigenvalue weighted by Crippen LogP contribution is 2.37. The molecule has 0 aromatic carbocycles. The van der Waals surface area contributed by atoms with E-state index in [4.69, 9.17) is 10.5 Å². The van der Waals surface area contributed by atoms with E-state index in [9.17, 15) is 9.90 Å². The average molecular weight is 216 g/mol. The maximum atomic E-state index is 11.7. The fraction of sp³-hybridized carbons (Fsp3) is 0.900. The number of hydrogen-bond acceptors (Lipinski definition) is 4. The van der Waals surface area contributed by atoms with Crippen LogP contribution in [0.1, 0.15) is 19.8 Å². The number of nitrogens with one attached hydrogen (secondary N) is 1. The van der Waals surface area contributed by atoms with Crippen LogP contribution in [-0.4, -0.2) is 42.9 Å². The molecule has 1 rings (SSSR count). The van der Waals surface area contributed by atoms with Crippen LogP contribution in [0.3, 0.4) is 0 Å². The molecule has 88 valence electrons. The van der Waals surface area contributed by atoms with Crippen molar-refractivity contribution in [1.29, 1.82) is 0 Å². The summed E-state index contributed by atoms with van der Waals surface area (Å²) < 4.78 is 4.75. The van der Waals surface area contributed by atoms with Gasteiger partial charge in [-0.15, -0.1) is 0 Å². The third-order valence-corrected chi connectivity index (χ3v) is 2.77. The molecule has 1 amide bonds. The van der Waals surface area contributed by atoms with Crippen LogP contribution >= 0.6 is 0 Å². The minimum absolute atomic E-state index is 0.187. The molecule has 0 saturated heterocycles. The lowest BCUT2D eigenvalue weighted by Crippen LogP contribution is -2.54. The van der Waals surface area contributed by atoms with E-state index in [1.54, 1.807) is 6.92 Å². The highest BCUT2D eigenvalue weighted by molar-refractivity contribution is 5.86. The molecule has 0 heterocycles. The molecule has 1 aliphatic rings. The molecular formula is C10H20N2O3. The Kier molecular flexibility index (Phi) is 4.07. The quantitative estimate of drug-likeness (QED) is 0.545. The molecule has 5 nitrogen and oxygen atoms in total. The molecule has 0 radical (unpaired) electrons. The Labute approximate surface area is 90.0 Å². The van der Waals surface area contributed by atoms with E-state index in [1.165, 1.54) is 7.11 Å². The number of nitrogens with two attached hydrogens (primary N) is 1. The van der Waals surface area contributed by atoms with Crippen LogP contribution in [0.4, 0.5) is 0 Å². The predicted molar refractivity (Wildman–Crippen MR) is 56.2 cm³/mol. The standard InChI is InChI=1S/C10H20N2O3/c1-10(11,7-3-4-7)9(14)12-5-8(13)6-15-2/h7-8,13H,3-6,11H2,1-2H3,(H,12,14). The van der Waals surface area contributed by atoms with Crippen molar-refractivity contribution < 1.29 is 14.6 Å². The van der Waals surface area contributed by atoms with Crippen LogP contribution in [0.2, 0.25) is 0 Å². The molecule has 4 N–H and O–H groups in total. The SMILES string of the molecule is COCC(O)CNC(=O)C(C)(N)C1CC1. The monoisotopic (exact) mass is 216 g/mol. The van der Waals surface area contributed by atoms with Gasteiger partial charge in [0.25, 0.3) is 0 Å². The zero-order valence-electron chi connectivity index (χ0n) is 9.32. The highest BCUT2D eigenvalue weighted by Gasteiger charge is 2.43. The van der Waals surface area contributed by atoms with E-state index in [2.05, 4.69) is 5.32 Å². The van der Waals surface area contributed by atoms with Gasteiger partial charge in [0.2, 0.25) is 5.91 Å². The van der Waals surface area contributed by atoms with Gasteiger partial charge >= 0.3 is 0 Å². The molecule has 1 aliphatic carbocycles. The first-order valence-corrected chi connectivity index (χ1v) is 5.22. The molecule has 0 aliphatic heterocycles. The van der Waals surface area contributed by atoms with Crippen molar-refractivity contribution in [1.82, 2.24) is 5.32 Å². The van der Waals surface area contributed by atoms with Crippen LogP contribution in [0.15, 0.2) is 0 Å². The van der Waals surface area contributed by atoms with Crippen LogP contribution in [-0.2, 0) is 9.53 Å². The molecule has 0 aromatic heterocycles. The van der Waals surface area contributed by atoms with Gasteiger partial charge in [0.05, 0.1) is 18.2 Å². The molecule has 2 atom stereocenters. The summed E-state index contributed by atoms with van der Waals surface area (Å²) in [6.07, 6.45) is 1.36. The third-order valence-electron chi connectivity index (χ3n) is 2.77. The highest BCUT2D eigenvalue weighted by atomic mass is 16.5. The first-order valence-electron chi connectivity index (χ1n) is 5.22. The van der Waals surface area contributed by atoms with Gasteiger partial charge in [0.1, 0.15) is 0 Å². The van der Waals surface area contributed by atoms with Crippen molar-refractivity contribution in [2.24, 2.45) is 11.7 Å². The lowest BCUT2D eigenvalue weighted by Gasteiger charge is -2.23. The van der Waals surface area contributed by atoms with Gasteiger partial charge in [-0.1, -0.05) is 0 Å². The minimum Gasteiger partial charge on any atom is -0.389 e. The molecule has 15 heavy (non-hydrogen) atoms. The molecule has 0 spiro atoms. The van der Waals surface area contributed by atoms with Gasteiger partial charge in [-0.2, -0.15) is 0 Å². The Balaban J connectivity index is 2.28. The molecule has 0 aromatic rings. The van der Waals surface area contributed by atoms with Gasteiger partial charge in [-0.05, 0) is 25.7 Å². The van der Waals surface area contributed by atoms with Crippen molar-refractivity contribution >= 4 is 5.91 Å². The van der Waals surface area contributed by atoms with Gasteiger partial charge in [0.15, 0.2) is 0 Å². The Morgan fingerprint density at radius 1 is 1.73 bits per heavy atom. The van der Waals surface area contributed by atoms with Crippen molar-refractivity contribution in [2.75, 3.05) is 20.3 Å². The molecule has 5 heteroatoms. The Morgan fingerprint density at radius 2 is 2.33 bits per heavy atom. The van der Waals surface area contributed by atoms with Crippen LogP contribution in [0.5, 0.6) is 0 Å². The number of carbonyl (C=O) groups excluding carboxylic acids is 1. The van der Waals surface area contributed by atoms with Crippen molar-refractivity contribution in [2.45, 2.75) is 31.4 Å². The van der Waals surface area contributed by atoms with Gasteiger partial charge in [-0.25, -0.2) is 0 Å². The Hall–Kier alpha value is -0.650. The van der Waals surface area contributed by atoms with Crippen LogP contribution in [0, 0.1) is 5.92 Å². The minimum atomic E-state index is -0.799. The van der Waals surface area contributed by atoms with E-state index in [1.807, 2.05) is 0 Å². The Morgan fingerprint density at radius 3 is 2.80 bits per heavy atom. The average Bonchev–Trinajstić information content (AvgIpc) is 2.97. The van der Waals surface area contributed by atoms with Gasteiger partial charge in [-0.3, -0.25) is 4.79 Å². The first-order chi connectivity index (χ1) is 6.98. The molecule has 2 unspecified atom stereocenters. The number of methoxy groups -OCH3 is 1. The summed E-state index contributed by atoms with van der Waals surface area (Å²) in [7, 11) is 1.50. The number of hydrogen-bond donors (Lipinski definition) is 3. The maximum Gasteiger partial charge on any atom is 0.240 e. The summed E-state index contributed by atoms with van der Waals surface area (Å²) in [5.74, 6) is 0.0946. The predicted octanol–water partition coefficient (Wildman–Crippen LogP) is -0.763. The van der Waals surface area contributed by atoms with E-state index >= 15 is 0 Å². The summed E-state index contributed by atoms with van der Waals surface area (Å²) >= 11 is 0. The van der Waals surface area contributed by atoms with E-state index < -0.39 is 11.6 Å². The summed E-state index contributed by atoms with van der Waals surface area (Å²) in [5, 5.41) is 12.0. The smallest absolute Gasteiger partial charge is 0.240 e. The molecule has 0 bridgehead atoms. The topological polar surface area (TPSA) is 84.6 Å². The summed E-state index contributed by atoms with van der Waals surface area (Å²) in [6.45, 7) is 2.14. The second kappa shape index (κ2) is 4.92. The zero-order chi connectivity index (χ0) is 11.5. The van der Waals surface area contributed by atoms with E-state index in [0.29, 0.717) is 0 Å². The van der Waals surface area contributed by atoms with E-state index in [-0.39, 0.29) is 25.0 Å². The van der Waals surface area contributed by atoms with Gasteiger partial charge < -0.3 is 20.9 Å². The fourth-order valence-corrected chi connectivity index (χ4v) is 1.52. The maximum absolute atomic E-state index is 11.7. The normalized spacial score (nSPS) is 21.9. The number of aliphatic hydroxyl groups is 1. The second-order valence-electron chi connectivity index (χ2n) is 4.38. The number of amides is 1. The van der Waals surface area contributed by atoms with Gasteiger partial charge in [0, 0.05) is 13.7 Å². The largest absolute Gasteiger partial charge is 0.389 e. The third kappa shape index (κ3) is 3.44. The van der Waals surface area contributed by atoms with Crippen molar-refractivity contribution in [3.63, 3.8) is 0 Å². The van der Waals surface area contributed by atoms with Crippen molar-refractivity contribution in [3.8, 4) is 0 Å². The lowest BCUT2D eigenvalue weighted by molar-refractivity contribution is -0.127. The summed E-state index contributed by atoms with van der Waals surface area (Å²) in [6, 6.07) is 0. The zero-order valence-corrected chi connectivity index (χ0v) is 9.32. The summed E-state index contributed by atoms with van der Waals surface area (Å²) in [5.41, 5.74) is 5.10. The molecule has 1 saturated carbocycles. The van der Waals surface area contributed by atoms with Crippen molar-refractivity contribution in [3.05, 3.63) is 0 Å². The lowest BCUT2D eigenvalue weighted by atomic mass is 9.96. The fourth-order valence-electron chi connectivity index (χ4n) is 1.52. The molecule has 1 fully saturated rings. The number of aliphatic hydroxyl groups excluding tert-OH is 1. The summed E-state index contributed by atoms with van der Waals surface area (Å²) in [4.78, 5) is 11.7.